The van der Waals surface area contributed by atoms with E-state index in [1.807, 2.05) is 0 Å². The molecule has 0 spiro atoms. The Bertz CT molecular complexity index is 1360. The van der Waals surface area contributed by atoms with Gasteiger partial charge in [0.25, 0.3) is 0 Å². The predicted octanol–water partition coefficient (Wildman–Crippen LogP) is 3.54. The van der Waals surface area contributed by atoms with E-state index in [4.69, 9.17) is 22.1 Å². The van der Waals surface area contributed by atoms with Crippen molar-refractivity contribution < 1.29 is 29.3 Å². The Labute approximate surface area is 192 Å². The maximum Gasteiger partial charge on any atom is 0.248 e. The number of aromatic hydroxyl groups is 2. The largest absolute Gasteiger partial charge is 0.505 e. The average Bonchev–Trinajstić information content (AvgIpc) is 2.96. The molecule has 0 aromatic heterocycles. The summed E-state index contributed by atoms with van der Waals surface area (Å²) >= 11 is 6.19. The maximum absolute atomic E-state index is 12.6. The van der Waals surface area contributed by atoms with Gasteiger partial charge in [0.15, 0.2) is 28.8 Å². The molecule has 1 atom stereocenters. The standard InChI is InChI=1S/C24H17ClN2O6/c25-13-3-8-17-12(9-13)10-27(14-4-1-11(2-5-14)24(26)32)20-21(30)18-15(28)6-7-16(29)19(18)22(31)23(20)33-17/h1-4,6-9,14,30-31H,5,10H2,(H2,26,32). The van der Waals surface area contributed by atoms with Gasteiger partial charge in [-0.25, -0.2) is 0 Å². The second kappa shape index (κ2) is 7.53. The van der Waals surface area contributed by atoms with Gasteiger partial charge in [0.2, 0.25) is 5.91 Å². The molecule has 2 aromatic rings. The highest BCUT2D eigenvalue weighted by Gasteiger charge is 2.38. The zero-order valence-electron chi connectivity index (χ0n) is 17.0. The van der Waals surface area contributed by atoms with E-state index in [0.717, 1.165) is 12.2 Å². The lowest BCUT2D eigenvalue weighted by atomic mass is 9.90. The molecule has 0 saturated carbocycles. The molecule has 8 nitrogen and oxygen atoms in total. The average molecular weight is 465 g/mol. The molecule has 166 valence electrons. The molecule has 1 heterocycles. The number of nitrogens with two attached hydrogens (primary N) is 1. The van der Waals surface area contributed by atoms with Crippen molar-refractivity contribution >= 4 is 34.8 Å². The molecule has 1 amide bonds. The van der Waals surface area contributed by atoms with Crippen LogP contribution in [0.4, 0.5) is 5.69 Å². The Balaban J connectivity index is 1.74. The predicted molar refractivity (Wildman–Crippen MR) is 120 cm³/mol. The normalized spacial score (nSPS) is 18.6. The summed E-state index contributed by atoms with van der Waals surface area (Å²) in [7, 11) is 0. The van der Waals surface area contributed by atoms with Gasteiger partial charge in [-0.05, 0) is 36.8 Å². The number of benzene rings is 2. The molecule has 0 saturated heterocycles. The van der Waals surface area contributed by atoms with Gasteiger partial charge in [-0.2, -0.15) is 0 Å². The Morgan fingerprint density at radius 1 is 1.09 bits per heavy atom. The van der Waals surface area contributed by atoms with Gasteiger partial charge in [-0.1, -0.05) is 29.8 Å². The van der Waals surface area contributed by atoms with Crippen molar-refractivity contribution in [3.05, 3.63) is 75.9 Å². The third-order valence-corrected chi connectivity index (χ3v) is 6.12. The number of hydrogen-bond acceptors (Lipinski definition) is 7. The molecule has 0 radical (unpaired) electrons. The smallest absolute Gasteiger partial charge is 0.248 e. The molecule has 2 aromatic carbocycles. The first kappa shape index (κ1) is 20.8. The number of primary amides is 1. The zero-order chi connectivity index (χ0) is 23.4. The Hall–Kier alpha value is -4.04. The summed E-state index contributed by atoms with van der Waals surface area (Å²) in [5.41, 5.74) is 5.83. The van der Waals surface area contributed by atoms with Gasteiger partial charge in [0.1, 0.15) is 11.4 Å². The van der Waals surface area contributed by atoms with E-state index in [9.17, 15) is 24.6 Å². The molecule has 9 heteroatoms. The van der Waals surface area contributed by atoms with E-state index in [1.54, 1.807) is 41.3 Å². The van der Waals surface area contributed by atoms with Gasteiger partial charge in [0.05, 0.1) is 17.2 Å². The van der Waals surface area contributed by atoms with Crippen LogP contribution in [-0.2, 0) is 11.3 Å². The lowest BCUT2D eigenvalue weighted by Crippen LogP contribution is -2.34. The van der Waals surface area contributed by atoms with Gasteiger partial charge in [-0.3, -0.25) is 14.4 Å². The van der Waals surface area contributed by atoms with Crippen LogP contribution in [0.3, 0.4) is 0 Å². The molecule has 33 heavy (non-hydrogen) atoms. The molecular formula is C24H17ClN2O6. The summed E-state index contributed by atoms with van der Waals surface area (Å²) in [5, 5.41) is 22.7. The molecule has 0 fully saturated rings. The van der Waals surface area contributed by atoms with E-state index in [2.05, 4.69) is 0 Å². The van der Waals surface area contributed by atoms with Gasteiger partial charge >= 0.3 is 0 Å². The minimum atomic E-state index is -0.623. The Morgan fingerprint density at radius 2 is 1.79 bits per heavy atom. The van der Waals surface area contributed by atoms with Crippen LogP contribution in [0.2, 0.25) is 5.02 Å². The van der Waals surface area contributed by atoms with Crippen LogP contribution < -0.4 is 15.4 Å². The minimum absolute atomic E-state index is 0.0561. The Kier molecular flexibility index (Phi) is 4.75. The molecule has 0 bridgehead atoms. The molecular weight excluding hydrogens is 448 g/mol. The number of rotatable bonds is 2. The second-order valence-electron chi connectivity index (χ2n) is 7.85. The van der Waals surface area contributed by atoms with Crippen LogP contribution in [0.5, 0.6) is 23.0 Å². The van der Waals surface area contributed by atoms with E-state index in [-0.39, 0.29) is 29.1 Å². The summed E-state index contributed by atoms with van der Waals surface area (Å²) in [6.45, 7) is 0.196. The van der Waals surface area contributed by atoms with Crippen molar-refractivity contribution in [2.24, 2.45) is 5.73 Å². The van der Waals surface area contributed by atoms with Gasteiger partial charge in [-0.15, -0.1) is 0 Å². The third-order valence-electron chi connectivity index (χ3n) is 5.88. The van der Waals surface area contributed by atoms with E-state index < -0.39 is 35.0 Å². The number of ether oxygens (including phenoxy) is 1. The lowest BCUT2D eigenvalue weighted by Gasteiger charge is -2.33. The van der Waals surface area contributed by atoms with Crippen LogP contribution in [0.1, 0.15) is 32.7 Å². The van der Waals surface area contributed by atoms with Crippen molar-refractivity contribution in [3.63, 3.8) is 0 Å². The maximum atomic E-state index is 12.6. The number of allylic oxidation sites excluding steroid dienone is 2. The van der Waals surface area contributed by atoms with Gasteiger partial charge < -0.3 is 25.6 Å². The quantitative estimate of drug-likeness (QED) is 0.579. The van der Waals surface area contributed by atoms with Gasteiger partial charge in [0, 0.05) is 22.7 Å². The second-order valence-corrected chi connectivity index (χ2v) is 8.29. The monoisotopic (exact) mass is 464 g/mol. The van der Waals surface area contributed by atoms with Crippen LogP contribution in [0.25, 0.3) is 0 Å². The van der Waals surface area contributed by atoms with E-state index in [1.165, 1.54) is 0 Å². The van der Waals surface area contributed by atoms with Crippen LogP contribution in [-0.4, -0.2) is 33.7 Å². The van der Waals surface area contributed by atoms with Crippen LogP contribution >= 0.6 is 11.6 Å². The van der Waals surface area contributed by atoms with Crippen LogP contribution in [0, 0.1) is 0 Å². The topological polar surface area (TPSA) is 130 Å². The molecule has 1 aliphatic heterocycles. The lowest BCUT2D eigenvalue weighted by molar-refractivity contribution is -0.114. The first-order chi connectivity index (χ1) is 15.8. The molecule has 5 rings (SSSR count). The van der Waals surface area contributed by atoms with Crippen molar-refractivity contribution in [1.29, 1.82) is 0 Å². The fourth-order valence-electron chi connectivity index (χ4n) is 4.30. The molecule has 1 unspecified atom stereocenters. The number of fused-ring (bicyclic) bond motifs is 3. The van der Waals surface area contributed by atoms with Crippen molar-refractivity contribution in [3.8, 4) is 23.0 Å². The summed E-state index contributed by atoms with van der Waals surface area (Å²) < 4.78 is 5.99. The highest BCUT2D eigenvalue weighted by molar-refractivity contribution is 6.30. The molecule has 3 aliphatic rings. The fraction of sp³-hybridized carbons (Fsp3) is 0.125. The van der Waals surface area contributed by atoms with E-state index >= 15 is 0 Å². The van der Waals surface area contributed by atoms with Crippen molar-refractivity contribution in [1.82, 2.24) is 0 Å². The first-order valence-electron chi connectivity index (χ1n) is 10.1. The number of halogens is 1. The molecule has 4 N–H and O–H groups in total. The number of phenols is 2. The number of phenolic OH excluding ortho intramolecular Hbond substituents is 2. The third kappa shape index (κ3) is 3.27. The fourth-order valence-corrected chi connectivity index (χ4v) is 4.49. The number of ketones is 2. The van der Waals surface area contributed by atoms with Crippen molar-refractivity contribution in [2.45, 2.75) is 19.0 Å². The summed E-state index contributed by atoms with van der Waals surface area (Å²) in [4.78, 5) is 38.3. The summed E-state index contributed by atoms with van der Waals surface area (Å²) in [6, 6.07) is 4.54. The highest BCUT2D eigenvalue weighted by Crippen LogP contribution is 2.54. The number of amides is 1. The first-order valence-corrected chi connectivity index (χ1v) is 10.4. The number of anilines is 1. The summed E-state index contributed by atoms with van der Waals surface area (Å²) in [5.74, 6) is -2.59. The number of hydrogen-bond donors (Lipinski definition) is 3. The minimum Gasteiger partial charge on any atom is -0.505 e. The highest BCUT2D eigenvalue weighted by atomic mass is 35.5. The number of nitrogens with zero attached hydrogens (tertiary/aromatic N) is 1. The van der Waals surface area contributed by atoms with E-state index in [0.29, 0.717) is 28.3 Å². The Morgan fingerprint density at radius 3 is 2.42 bits per heavy atom. The zero-order valence-corrected chi connectivity index (χ0v) is 17.8. The molecule has 2 aliphatic carbocycles. The summed E-state index contributed by atoms with van der Waals surface area (Å²) in [6.07, 6.45) is 7.43. The number of carbonyl (C=O) groups is 3. The van der Waals surface area contributed by atoms with Crippen molar-refractivity contribution in [2.75, 3.05) is 4.90 Å². The van der Waals surface area contributed by atoms with Crippen LogP contribution in [0.15, 0.2) is 54.2 Å². The number of carbonyl (C=O) groups excluding carboxylic acids is 3. The SMILES string of the molecule is NC(=O)C1=CCC(N2Cc3cc(Cl)ccc3Oc3c(O)c4c(c(O)c32)C(=O)C=CC4=O)C=C1.